The molecule has 0 bridgehead atoms. The Kier molecular flexibility index (Phi) is 5.69. The van der Waals surface area contributed by atoms with Crippen LogP contribution in [0.4, 0.5) is 17.6 Å². The van der Waals surface area contributed by atoms with E-state index in [2.05, 4.69) is 0 Å². The summed E-state index contributed by atoms with van der Waals surface area (Å²) in [5.74, 6) is -6.12. The third kappa shape index (κ3) is 5.41. The van der Waals surface area contributed by atoms with Gasteiger partial charge < -0.3 is 10.4 Å². The first-order valence-corrected chi connectivity index (χ1v) is 5.97. The molecule has 1 aromatic carbocycles. The standard InChI is InChI=1S/C13H13F4NO3/c14-12(15)13(16,17)7-18-10(19)6-3-8-1-4-9(5-2-8)11(20)21/h1-2,4-5,12H,3,6-7H2,(H,18,19)(H,20,21). The maximum atomic E-state index is 12.6. The van der Waals surface area contributed by atoms with E-state index in [4.69, 9.17) is 5.11 Å². The highest BCUT2D eigenvalue weighted by atomic mass is 19.3. The Labute approximate surface area is 117 Å². The van der Waals surface area contributed by atoms with Crippen molar-refractivity contribution in [2.45, 2.75) is 25.2 Å². The molecule has 0 unspecified atom stereocenters. The molecule has 0 spiro atoms. The molecule has 1 rings (SSSR count). The van der Waals surface area contributed by atoms with Gasteiger partial charge in [0.1, 0.15) is 0 Å². The van der Waals surface area contributed by atoms with E-state index in [9.17, 15) is 27.2 Å². The molecular weight excluding hydrogens is 294 g/mol. The van der Waals surface area contributed by atoms with E-state index in [1.807, 2.05) is 0 Å². The highest BCUT2D eigenvalue weighted by Crippen LogP contribution is 2.21. The van der Waals surface area contributed by atoms with Crippen molar-refractivity contribution >= 4 is 11.9 Å². The molecule has 116 valence electrons. The molecule has 0 aliphatic carbocycles. The van der Waals surface area contributed by atoms with Crippen LogP contribution < -0.4 is 5.32 Å². The number of aryl methyl sites for hydroxylation is 1. The van der Waals surface area contributed by atoms with Gasteiger partial charge in [-0.2, -0.15) is 8.78 Å². The van der Waals surface area contributed by atoms with E-state index >= 15 is 0 Å². The molecule has 0 aliphatic heterocycles. The zero-order valence-corrected chi connectivity index (χ0v) is 10.8. The summed E-state index contributed by atoms with van der Waals surface area (Å²) in [5.41, 5.74) is 0.718. The maximum absolute atomic E-state index is 12.6. The lowest BCUT2D eigenvalue weighted by molar-refractivity contribution is -0.136. The van der Waals surface area contributed by atoms with Crippen molar-refractivity contribution in [3.8, 4) is 0 Å². The summed E-state index contributed by atoms with van der Waals surface area (Å²) in [6.45, 7) is -1.42. The zero-order valence-electron chi connectivity index (χ0n) is 10.8. The SMILES string of the molecule is O=C(CCc1ccc(C(=O)O)cc1)NCC(F)(F)C(F)F. The van der Waals surface area contributed by atoms with Gasteiger partial charge in [-0.3, -0.25) is 4.79 Å². The molecule has 0 aliphatic rings. The van der Waals surface area contributed by atoms with Crippen LogP contribution in [0, 0.1) is 0 Å². The molecular formula is C13H13F4NO3. The van der Waals surface area contributed by atoms with Gasteiger partial charge in [0, 0.05) is 6.42 Å². The van der Waals surface area contributed by atoms with E-state index in [1.54, 1.807) is 5.32 Å². The average Bonchev–Trinajstić information content (AvgIpc) is 2.43. The topological polar surface area (TPSA) is 66.4 Å². The van der Waals surface area contributed by atoms with Crippen LogP contribution in [0.15, 0.2) is 24.3 Å². The van der Waals surface area contributed by atoms with Crippen LogP contribution in [-0.4, -0.2) is 35.9 Å². The van der Waals surface area contributed by atoms with Gasteiger partial charge in [-0.25, -0.2) is 13.6 Å². The fourth-order valence-corrected chi connectivity index (χ4v) is 1.45. The van der Waals surface area contributed by atoms with E-state index in [-0.39, 0.29) is 18.4 Å². The second-order valence-electron chi connectivity index (χ2n) is 4.34. The highest BCUT2D eigenvalue weighted by Gasteiger charge is 2.40. The lowest BCUT2D eigenvalue weighted by Gasteiger charge is -2.15. The van der Waals surface area contributed by atoms with Gasteiger partial charge >= 0.3 is 18.3 Å². The van der Waals surface area contributed by atoms with Crippen molar-refractivity contribution in [2.24, 2.45) is 0 Å². The van der Waals surface area contributed by atoms with Crippen LogP contribution in [-0.2, 0) is 11.2 Å². The number of rotatable bonds is 7. The number of hydrogen-bond acceptors (Lipinski definition) is 2. The molecule has 0 radical (unpaired) electrons. The summed E-state index contributed by atoms with van der Waals surface area (Å²) >= 11 is 0. The van der Waals surface area contributed by atoms with Crippen LogP contribution >= 0.6 is 0 Å². The zero-order chi connectivity index (χ0) is 16.0. The fraction of sp³-hybridized carbons (Fsp3) is 0.385. The largest absolute Gasteiger partial charge is 0.478 e. The van der Waals surface area contributed by atoms with Crippen LogP contribution in [0.5, 0.6) is 0 Å². The summed E-state index contributed by atoms with van der Waals surface area (Å²) in [4.78, 5) is 21.9. The molecule has 2 N–H and O–H groups in total. The summed E-state index contributed by atoms with van der Waals surface area (Å²) < 4.78 is 48.9. The number of nitrogens with one attached hydrogen (secondary N) is 1. The maximum Gasteiger partial charge on any atom is 0.335 e. The first kappa shape index (κ1) is 16.9. The normalized spacial score (nSPS) is 11.5. The van der Waals surface area contributed by atoms with Crippen molar-refractivity contribution < 1.29 is 32.3 Å². The summed E-state index contributed by atoms with van der Waals surface area (Å²) in [6, 6.07) is 5.68. The first-order chi connectivity index (χ1) is 9.72. The quantitative estimate of drug-likeness (QED) is 0.760. The molecule has 4 nitrogen and oxygen atoms in total. The molecule has 0 heterocycles. The van der Waals surface area contributed by atoms with Crippen LogP contribution in [0.25, 0.3) is 0 Å². The number of benzene rings is 1. The number of carboxylic acids is 1. The molecule has 1 amide bonds. The van der Waals surface area contributed by atoms with E-state index in [0.717, 1.165) is 0 Å². The minimum absolute atomic E-state index is 0.0831. The first-order valence-electron chi connectivity index (χ1n) is 5.97. The van der Waals surface area contributed by atoms with Gasteiger partial charge in [0.05, 0.1) is 12.1 Å². The number of aromatic carboxylic acids is 1. The molecule has 0 fully saturated rings. The third-order valence-corrected chi connectivity index (χ3v) is 2.68. The summed E-state index contributed by atoms with van der Waals surface area (Å²) in [6.07, 6.45) is -3.81. The Morgan fingerprint density at radius 2 is 1.76 bits per heavy atom. The van der Waals surface area contributed by atoms with Crippen LogP contribution in [0.2, 0.25) is 0 Å². The summed E-state index contributed by atoms with van der Waals surface area (Å²) in [7, 11) is 0. The molecule has 8 heteroatoms. The number of hydrogen-bond donors (Lipinski definition) is 2. The van der Waals surface area contributed by atoms with Crippen LogP contribution in [0.1, 0.15) is 22.3 Å². The number of carboxylic acid groups (broad SMARTS) is 1. The molecule has 0 saturated heterocycles. The Morgan fingerprint density at radius 1 is 1.19 bits per heavy atom. The minimum Gasteiger partial charge on any atom is -0.478 e. The van der Waals surface area contributed by atoms with Crippen molar-refractivity contribution in [1.82, 2.24) is 5.32 Å². The second kappa shape index (κ2) is 7.05. The number of amides is 1. The van der Waals surface area contributed by atoms with Gasteiger partial charge in [0.25, 0.3) is 0 Å². The summed E-state index contributed by atoms with van der Waals surface area (Å²) in [5, 5.41) is 10.4. The highest BCUT2D eigenvalue weighted by molar-refractivity contribution is 5.87. The Bertz CT molecular complexity index is 503. The molecule has 0 aromatic heterocycles. The number of carbonyl (C=O) groups is 2. The number of alkyl halides is 4. The van der Waals surface area contributed by atoms with Gasteiger partial charge in [-0.15, -0.1) is 0 Å². The average molecular weight is 307 g/mol. The molecule has 0 saturated carbocycles. The third-order valence-electron chi connectivity index (χ3n) is 2.68. The Morgan fingerprint density at radius 3 is 2.24 bits per heavy atom. The minimum atomic E-state index is -4.25. The second-order valence-corrected chi connectivity index (χ2v) is 4.34. The van der Waals surface area contributed by atoms with Crippen molar-refractivity contribution in [2.75, 3.05) is 6.54 Å². The monoisotopic (exact) mass is 307 g/mol. The van der Waals surface area contributed by atoms with E-state index in [0.29, 0.717) is 5.56 Å². The van der Waals surface area contributed by atoms with Crippen molar-refractivity contribution in [3.63, 3.8) is 0 Å². The molecule has 1 aromatic rings. The van der Waals surface area contributed by atoms with E-state index < -0.39 is 30.8 Å². The predicted molar refractivity (Wildman–Crippen MR) is 65.7 cm³/mol. The van der Waals surface area contributed by atoms with Crippen molar-refractivity contribution in [3.05, 3.63) is 35.4 Å². The fourth-order valence-electron chi connectivity index (χ4n) is 1.45. The molecule has 21 heavy (non-hydrogen) atoms. The predicted octanol–water partition coefficient (Wildman–Crippen LogP) is 2.33. The van der Waals surface area contributed by atoms with Gasteiger partial charge in [0.2, 0.25) is 5.91 Å². The lowest BCUT2D eigenvalue weighted by atomic mass is 10.1. The molecule has 0 atom stereocenters. The Hall–Kier alpha value is -2.12. The van der Waals surface area contributed by atoms with E-state index in [1.165, 1.54) is 24.3 Å². The van der Waals surface area contributed by atoms with Crippen LogP contribution in [0.3, 0.4) is 0 Å². The number of carbonyl (C=O) groups excluding carboxylic acids is 1. The van der Waals surface area contributed by atoms with Gasteiger partial charge in [-0.05, 0) is 24.1 Å². The smallest absolute Gasteiger partial charge is 0.335 e. The van der Waals surface area contributed by atoms with Gasteiger partial charge in [-0.1, -0.05) is 12.1 Å². The van der Waals surface area contributed by atoms with Crippen molar-refractivity contribution in [1.29, 1.82) is 0 Å². The lowest BCUT2D eigenvalue weighted by Crippen LogP contribution is -2.41. The number of halogens is 4. The van der Waals surface area contributed by atoms with Gasteiger partial charge in [0.15, 0.2) is 0 Å². The Balaban J connectivity index is 2.41.